The Kier molecular flexibility index (Phi) is 6.81. The minimum absolute atomic E-state index is 0.00286. The molecule has 1 aliphatic rings. The largest absolute Gasteiger partial charge is 0.497 e. The summed E-state index contributed by atoms with van der Waals surface area (Å²) in [5.41, 5.74) is 0.870. The van der Waals surface area contributed by atoms with E-state index in [9.17, 15) is 4.79 Å². The molecule has 2 aromatic carbocycles. The zero-order valence-corrected chi connectivity index (χ0v) is 18.2. The van der Waals surface area contributed by atoms with Crippen molar-refractivity contribution in [2.24, 2.45) is 0 Å². The lowest BCUT2D eigenvalue weighted by Gasteiger charge is -2.34. The first-order valence-corrected chi connectivity index (χ1v) is 10.3. The summed E-state index contributed by atoms with van der Waals surface area (Å²) in [4.78, 5) is 16.6. The molecule has 0 bridgehead atoms. The Labute approximate surface area is 186 Å². The topological polar surface area (TPSA) is 94.8 Å². The Morgan fingerprint density at radius 3 is 2.38 bits per heavy atom. The van der Waals surface area contributed by atoms with Gasteiger partial charge in [-0.1, -0.05) is 6.07 Å². The second kappa shape index (κ2) is 10.1. The fraction of sp³-hybridized carbons (Fsp3) is 0.364. The van der Waals surface area contributed by atoms with E-state index in [1.165, 1.54) is 0 Å². The lowest BCUT2D eigenvalue weighted by atomic mass is 10.3. The average Bonchev–Trinajstić information content (AvgIpc) is 3.31. The number of hydrogen-bond acceptors (Lipinski definition) is 8. The molecule has 1 aromatic heterocycles. The molecule has 1 aliphatic heterocycles. The van der Waals surface area contributed by atoms with Crippen LogP contribution in [0.3, 0.4) is 0 Å². The van der Waals surface area contributed by atoms with Gasteiger partial charge in [-0.25, -0.2) is 0 Å². The molecular formula is C22H26N6O4. The average molecular weight is 438 g/mol. The lowest BCUT2D eigenvalue weighted by Crippen LogP contribution is -2.49. The van der Waals surface area contributed by atoms with Crippen LogP contribution in [0.2, 0.25) is 0 Å². The first-order chi connectivity index (χ1) is 15.7. The molecule has 0 aliphatic carbocycles. The number of benzene rings is 2. The molecule has 0 saturated carbocycles. The smallest absolute Gasteiger partial charge is 0.260 e. The van der Waals surface area contributed by atoms with Crippen molar-refractivity contribution in [3.05, 3.63) is 54.4 Å². The van der Waals surface area contributed by atoms with E-state index in [1.54, 1.807) is 31.0 Å². The summed E-state index contributed by atoms with van der Waals surface area (Å²) in [5, 5.41) is 12.1. The Morgan fingerprint density at radius 2 is 1.66 bits per heavy atom. The van der Waals surface area contributed by atoms with Gasteiger partial charge in [-0.15, -0.1) is 5.10 Å². The molecule has 0 atom stereocenters. The van der Waals surface area contributed by atoms with Crippen LogP contribution in [0.5, 0.6) is 17.2 Å². The van der Waals surface area contributed by atoms with E-state index in [-0.39, 0.29) is 12.5 Å². The van der Waals surface area contributed by atoms with Crippen molar-refractivity contribution in [3.63, 3.8) is 0 Å². The highest BCUT2D eigenvalue weighted by Crippen LogP contribution is 2.19. The Bertz CT molecular complexity index is 1030. The van der Waals surface area contributed by atoms with E-state index in [4.69, 9.17) is 14.2 Å². The molecule has 0 radical (unpaired) electrons. The second-order valence-corrected chi connectivity index (χ2v) is 7.33. The summed E-state index contributed by atoms with van der Waals surface area (Å²) in [7, 11) is 3.23. The van der Waals surface area contributed by atoms with Gasteiger partial charge in [-0.2, -0.15) is 4.68 Å². The number of aromatic nitrogens is 4. The maximum Gasteiger partial charge on any atom is 0.260 e. The molecule has 1 saturated heterocycles. The first kappa shape index (κ1) is 21.6. The van der Waals surface area contributed by atoms with Crippen LogP contribution in [0.25, 0.3) is 5.69 Å². The monoisotopic (exact) mass is 438 g/mol. The van der Waals surface area contributed by atoms with E-state index in [0.717, 1.165) is 30.4 Å². The van der Waals surface area contributed by atoms with E-state index in [2.05, 4.69) is 20.4 Å². The highest BCUT2D eigenvalue weighted by molar-refractivity contribution is 5.77. The van der Waals surface area contributed by atoms with Gasteiger partial charge in [0.2, 0.25) is 0 Å². The number of nitrogens with zero attached hydrogens (tertiary/aromatic N) is 6. The molecule has 32 heavy (non-hydrogen) atoms. The minimum atomic E-state index is -0.0319. The highest BCUT2D eigenvalue weighted by atomic mass is 16.5. The van der Waals surface area contributed by atoms with Gasteiger partial charge in [0, 0.05) is 32.2 Å². The van der Waals surface area contributed by atoms with Gasteiger partial charge >= 0.3 is 0 Å². The zero-order valence-electron chi connectivity index (χ0n) is 18.2. The molecule has 4 rings (SSSR count). The molecule has 1 fully saturated rings. The van der Waals surface area contributed by atoms with Gasteiger partial charge in [-0.3, -0.25) is 9.69 Å². The van der Waals surface area contributed by atoms with Gasteiger partial charge in [0.15, 0.2) is 12.4 Å². The summed E-state index contributed by atoms with van der Waals surface area (Å²) in [5.74, 6) is 2.80. The third-order valence-electron chi connectivity index (χ3n) is 5.34. The van der Waals surface area contributed by atoms with E-state index >= 15 is 0 Å². The number of amides is 1. The van der Waals surface area contributed by atoms with Crippen molar-refractivity contribution in [1.29, 1.82) is 0 Å². The van der Waals surface area contributed by atoms with Crippen LogP contribution in [0, 0.1) is 0 Å². The fourth-order valence-corrected chi connectivity index (χ4v) is 3.51. The molecule has 2 heterocycles. The maximum atomic E-state index is 12.5. The summed E-state index contributed by atoms with van der Waals surface area (Å²) < 4.78 is 17.7. The summed E-state index contributed by atoms with van der Waals surface area (Å²) in [6.07, 6.45) is 0. The summed E-state index contributed by atoms with van der Waals surface area (Å²) >= 11 is 0. The van der Waals surface area contributed by atoms with Crippen molar-refractivity contribution in [2.45, 2.75) is 6.54 Å². The van der Waals surface area contributed by atoms with Gasteiger partial charge in [0.25, 0.3) is 5.91 Å². The predicted molar refractivity (Wildman–Crippen MR) is 116 cm³/mol. The van der Waals surface area contributed by atoms with Crippen LogP contribution in [-0.4, -0.2) is 82.9 Å². The number of ether oxygens (including phenoxy) is 3. The molecule has 168 valence electrons. The number of rotatable bonds is 8. The van der Waals surface area contributed by atoms with Crippen LogP contribution >= 0.6 is 0 Å². The fourth-order valence-electron chi connectivity index (χ4n) is 3.51. The Morgan fingerprint density at radius 1 is 0.938 bits per heavy atom. The summed E-state index contributed by atoms with van der Waals surface area (Å²) in [6.45, 7) is 3.33. The quantitative estimate of drug-likeness (QED) is 0.521. The van der Waals surface area contributed by atoms with Gasteiger partial charge in [-0.05, 0) is 46.8 Å². The third kappa shape index (κ3) is 5.14. The molecule has 1 amide bonds. The minimum Gasteiger partial charge on any atom is -0.497 e. The predicted octanol–water partition coefficient (Wildman–Crippen LogP) is 1.40. The highest BCUT2D eigenvalue weighted by Gasteiger charge is 2.23. The number of methoxy groups -OCH3 is 2. The van der Waals surface area contributed by atoms with Gasteiger partial charge in [0.05, 0.1) is 26.5 Å². The Hall–Kier alpha value is -3.66. The van der Waals surface area contributed by atoms with Crippen molar-refractivity contribution in [2.75, 3.05) is 47.0 Å². The zero-order chi connectivity index (χ0) is 22.3. The van der Waals surface area contributed by atoms with Crippen molar-refractivity contribution in [3.8, 4) is 22.9 Å². The van der Waals surface area contributed by atoms with Crippen LogP contribution in [0.15, 0.2) is 48.5 Å². The lowest BCUT2D eigenvalue weighted by molar-refractivity contribution is -0.135. The Balaban J connectivity index is 1.28. The van der Waals surface area contributed by atoms with Gasteiger partial charge in [0.1, 0.15) is 17.2 Å². The normalized spacial score (nSPS) is 14.2. The molecule has 0 unspecified atom stereocenters. The maximum absolute atomic E-state index is 12.5. The first-order valence-electron chi connectivity index (χ1n) is 10.3. The van der Waals surface area contributed by atoms with Crippen LogP contribution in [0.1, 0.15) is 5.82 Å². The number of tetrazole rings is 1. The van der Waals surface area contributed by atoms with Crippen LogP contribution in [-0.2, 0) is 11.3 Å². The number of carbonyl (C=O) groups excluding carboxylic acids is 1. The molecular weight excluding hydrogens is 412 g/mol. The van der Waals surface area contributed by atoms with E-state index < -0.39 is 0 Å². The number of piperazine rings is 1. The van der Waals surface area contributed by atoms with Gasteiger partial charge < -0.3 is 19.1 Å². The molecule has 10 nitrogen and oxygen atoms in total. The van der Waals surface area contributed by atoms with Crippen molar-refractivity contribution < 1.29 is 19.0 Å². The van der Waals surface area contributed by atoms with E-state index in [0.29, 0.717) is 31.1 Å². The van der Waals surface area contributed by atoms with Crippen molar-refractivity contribution >= 4 is 5.91 Å². The number of hydrogen-bond donors (Lipinski definition) is 0. The molecule has 0 N–H and O–H groups in total. The third-order valence-corrected chi connectivity index (χ3v) is 5.34. The number of carbonyl (C=O) groups is 1. The SMILES string of the molecule is COc1ccc(-n2nnnc2CN2CCN(C(=O)COc3cccc(OC)c3)CC2)cc1. The van der Waals surface area contributed by atoms with Crippen LogP contribution in [0.4, 0.5) is 0 Å². The molecule has 10 heteroatoms. The van der Waals surface area contributed by atoms with Crippen LogP contribution < -0.4 is 14.2 Å². The molecule has 3 aromatic rings. The van der Waals surface area contributed by atoms with E-state index in [1.807, 2.05) is 41.3 Å². The molecule has 0 spiro atoms. The second-order valence-electron chi connectivity index (χ2n) is 7.33. The standard InChI is InChI=1S/C22H26N6O4/c1-30-18-8-6-17(7-9-18)28-21(23-24-25-28)15-26-10-12-27(13-11-26)22(29)16-32-20-5-3-4-19(14-20)31-2/h3-9,14H,10-13,15-16H2,1-2H3. The summed E-state index contributed by atoms with van der Waals surface area (Å²) in [6, 6.07) is 14.8. The van der Waals surface area contributed by atoms with Crippen molar-refractivity contribution in [1.82, 2.24) is 30.0 Å².